The van der Waals surface area contributed by atoms with Crippen molar-refractivity contribution in [2.24, 2.45) is 0 Å². The zero-order valence-corrected chi connectivity index (χ0v) is 22.8. The zero-order chi connectivity index (χ0) is 25.0. The SMILES string of the molecule is CCCCCCOc1ccc(-c2ccc(C3CCC(OC(=O)[C@@H](F)CCCC)CC3)cc2)cc1Br. The molecule has 1 aliphatic carbocycles. The summed E-state index contributed by atoms with van der Waals surface area (Å²) in [6, 6.07) is 15.0. The highest BCUT2D eigenvalue weighted by Gasteiger charge is 2.27. The quantitative estimate of drug-likeness (QED) is 0.185. The number of esters is 1. The van der Waals surface area contributed by atoms with Crippen LogP contribution in [0.5, 0.6) is 5.75 Å². The predicted molar refractivity (Wildman–Crippen MR) is 145 cm³/mol. The maximum Gasteiger partial charge on any atom is 0.340 e. The highest BCUT2D eigenvalue weighted by atomic mass is 79.9. The Balaban J connectivity index is 1.49. The Bertz CT molecular complexity index is 906. The molecule has 1 saturated carbocycles. The van der Waals surface area contributed by atoms with Gasteiger partial charge >= 0.3 is 5.97 Å². The average Bonchev–Trinajstić information content (AvgIpc) is 2.88. The van der Waals surface area contributed by atoms with Crippen molar-refractivity contribution >= 4 is 21.9 Å². The van der Waals surface area contributed by atoms with Crippen LogP contribution in [-0.2, 0) is 9.53 Å². The number of hydrogen-bond donors (Lipinski definition) is 0. The molecule has 0 spiro atoms. The number of alkyl halides is 1. The van der Waals surface area contributed by atoms with Crippen molar-refractivity contribution in [3.8, 4) is 16.9 Å². The van der Waals surface area contributed by atoms with Crippen LogP contribution in [0.3, 0.4) is 0 Å². The van der Waals surface area contributed by atoms with Gasteiger partial charge in [0, 0.05) is 0 Å². The van der Waals surface area contributed by atoms with Gasteiger partial charge in [0.2, 0.25) is 0 Å². The standard InChI is InChI=1S/C30H40BrFO3/c1-3-5-7-8-20-34-29-19-16-25(21-27(29)31)24-12-10-22(11-13-24)23-14-17-26(18-15-23)35-30(33)28(32)9-6-4-2/h10-13,16,19,21,23,26,28H,3-9,14-15,17-18,20H2,1-2H3/t23?,26?,28-/m0/s1. The van der Waals surface area contributed by atoms with Gasteiger partial charge in [-0.05, 0) is 89.2 Å². The summed E-state index contributed by atoms with van der Waals surface area (Å²) in [5.74, 6) is 0.671. The van der Waals surface area contributed by atoms with Gasteiger partial charge in [-0.15, -0.1) is 0 Å². The van der Waals surface area contributed by atoms with E-state index in [1.54, 1.807) is 0 Å². The van der Waals surface area contributed by atoms with Crippen LogP contribution in [0.2, 0.25) is 0 Å². The molecule has 2 aromatic rings. The first-order valence-corrected chi connectivity index (χ1v) is 14.2. The minimum absolute atomic E-state index is 0.150. The van der Waals surface area contributed by atoms with Crippen LogP contribution in [0.15, 0.2) is 46.9 Å². The van der Waals surface area contributed by atoms with Gasteiger partial charge in [-0.2, -0.15) is 0 Å². The van der Waals surface area contributed by atoms with Crippen molar-refractivity contribution in [1.29, 1.82) is 0 Å². The van der Waals surface area contributed by atoms with Gasteiger partial charge < -0.3 is 9.47 Å². The third kappa shape index (κ3) is 8.63. The number of hydrogen-bond acceptors (Lipinski definition) is 3. The number of benzene rings is 2. The smallest absolute Gasteiger partial charge is 0.340 e. The molecule has 0 unspecified atom stereocenters. The van der Waals surface area contributed by atoms with Gasteiger partial charge in [-0.1, -0.05) is 76.3 Å². The van der Waals surface area contributed by atoms with E-state index < -0.39 is 12.1 Å². The van der Waals surface area contributed by atoms with Crippen LogP contribution in [0.1, 0.15) is 96.0 Å². The van der Waals surface area contributed by atoms with E-state index in [2.05, 4.69) is 59.3 Å². The molecule has 3 rings (SSSR count). The van der Waals surface area contributed by atoms with Crippen molar-refractivity contribution in [3.63, 3.8) is 0 Å². The molecule has 35 heavy (non-hydrogen) atoms. The lowest BCUT2D eigenvalue weighted by atomic mass is 9.82. The molecule has 1 fully saturated rings. The average molecular weight is 548 g/mol. The molecule has 1 atom stereocenters. The second-order valence-corrected chi connectivity index (χ2v) is 10.6. The Kier molecular flexibility index (Phi) is 11.6. The van der Waals surface area contributed by atoms with Gasteiger partial charge in [-0.25, -0.2) is 9.18 Å². The Morgan fingerprint density at radius 2 is 1.63 bits per heavy atom. The van der Waals surface area contributed by atoms with Crippen molar-refractivity contribution in [2.45, 2.75) is 103 Å². The fourth-order valence-electron chi connectivity index (χ4n) is 4.71. The molecule has 3 nitrogen and oxygen atoms in total. The molecule has 192 valence electrons. The second kappa shape index (κ2) is 14.6. The molecule has 0 amide bonds. The summed E-state index contributed by atoms with van der Waals surface area (Å²) in [5, 5.41) is 0. The summed E-state index contributed by atoms with van der Waals surface area (Å²) in [6.45, 7) is 4.96. The monoisotopic (exact) mass is 546 g/mol. The van der Waals surface area contributed by atoms with E-state index in [1.165, 1.54) is 30.4 Å². The maximum absolute atomic E-state index is 13.9. The highest BCUT2D eigenvalue weighted by Crippen LogP contribution is 2.36. The molecule has 1 aliphatic rings. The van der Waals surface area contributed by atoms with E-state index in [4.69, 9.17) is 9.47 Å². The van der Waals surface area contributed by atoms with E-state index in [1.807, 2.05) is 13.0 Å². The third-order valence-electron chi connectivity index (χ3n) is 6.93. The molecule has 5 heteroatoms. The molecular formula is C30H40BrFO3. The van der Waals surface area contributed by atoms with Crippen molar-refractivity contribution in [3.05, 3.63) is 52.5 Å². The predicted octanol–water partition coefficient (Wildman–Crippen LogP) is 9.17. The number of unbranched alkanes of at least 4 members (excludes halogenated alkanes) is 4. The zero-order valence-electron chi connectivity index (χ0n) is 21.2. The maximum atomic E-state index is 13.9. The van der Waals surface area contributed by atoms with Crippen LogP contribution in [0, 0.1) is 0 Å². The number of halogens is 2. The lowest BCUT2D eigenvalue weighted by Gasteiger charge is -2.29. The molecule has 0 aliphatic heterocycles. The summed E-state index contributed by atoms with van der Waals surface area (Å²) in [5.41, 5.74) is 3.64. The van der Waals surface area contributed by atoms with Gasteiger partial charge in [0.1, 0.15) is 11.9 Å². The first-order valence-electron chi connectivity index (χ1n) is 13.4. The van der Waals surface area contributed by atoms with Crippen LogP contribution >= 0.6 is 15.9 Å². The largest absolute Gasteiger partial charge is 0.492 e. The molecule has 0 radical (unpaired) electrons. The van der Waals surface area contributed by atoms with Crippen LogP contribution < -0.4 is 4.74 Å². The first-order chi connectivity index (χ1) is 17.0. The molecule has 2 aromatic carbocycles. The Labute approximate surface area is 218 Å². The second-order valence-electron chi connectivity index (χ2n) is 9.70. The van der Waals surface area contributed by atoms with Crippen LogP contribution in [0.4, 0.5) is 4.39 Å². The molecule has 0 bridgehead atoms. The Morgan fingerprint density at radius 1 is 0.943 bits per heavy atom. The van der Waals surface area contributed by atoms with E-state index in [0.717, 1.165) is 60.9 Å². The van der Waals surface area contributed by atoms with Crippen molar-refractivity contribution in [2.75, 3.05) is 6.61 Å². The van der Waals surface area contributed by atoms with E-state index in [-0.39, 0.29) is 12.5 Å². The minimum atomic E-state index is -1.48. The van der Waals surface area contributed by atoms with Crippen LogP contribution in [0.25, 0.3) is 11.1 Å². The van der Waals surface area contributed by atoms with Crippen molar-refractivity contribution < 1.29 is 18.7 Å². The number of ether oxygens (including phenoxy) is 2. The van der Waals surface area contributed by atoms with E-state index >= 15 is 0 Å². The molecule has 0 aromatic heterocycles. The fraction of sp³-hybridized carbons (Fsp3) is 0.567. The summed E-state index contributed by atoms with van der Waals surface area (Å²) in [7, 11) is 0. The van der Waals surface area contributed by atoms with Crippen molar-refractivity contribution in [1.82, 2.24) is 0 Å². The summed E-state index contributed by atoms with van der Waals surface area (Å²) in [4.78, 5) is 12.0. The van der Waals surface area contributed by atoms with E-state index in [0.29, 0.717) is 12.3 Å². The summed E-state index contributed by atoms with van der Waals surface area (Å²) in [6.07, 6.45) is 8.53. The lowest BCUT2D eigenvalue weighted by Crippen LogP contribution is -2.28. The number of carbonyl (C=O) groups excluding carboxylic acids is 1. The fourth-order valence-corrected chi connectivity index (χ4v) is 5.20. The highest BCUT2D eigenvalue weighted by molar-refractivity contribution is 9.10. The third-order valence-corrected chi connectivity index (χ3v) is 7.55. The minimum Gasteiger partial charge on any atom is -0.492 e. The molecule has 0 saturated heterocycles. The normalized spacial score (nSPS) is 18.7. The summed E-state index contributed by atoms with van der Waals surface area (Å²) < 4.78 is 26.3. The Morgan fingerprint density at radius 3 is 2.29 bits per heavy atom. The Hall–Kier alpha value is -1.88. The van der Waals surface area contributed by atoms with Gasteiger partial charge in [-0.3, -0.25) is 0 Å². The van der Waals surface area contributed by atoms with E-state index in [9.17, 15) is 9.18 Å². The molecular weight excluding hydrogens is 507 g/mol. The number of carbonyl (C=O) groups is 1. The lowest BCUT2D eigenvalue weighted by molar-refractivity contribution is -0.157. The van der Waals surface area contributed by atoms with Crippen LogP contribution in [-0.4, -0.2) is 24.9 Å². The molecule has 0 N–H and O–H groups in total. The molecule has 0 heterocycles. The van der Waals surface area contributed by atoms with Gasteiger partial charge in [0.05, 0.1) is 11.1 Å². The van der Waals surface area contributed by atoms with Gasteiger partial charge in [0.25, 0.3) is 0 Å². The number of rotatable bonds is 13. The topological polar surface area (TPSA) is 35.5 Å². The summed E-state index contributed by atoms with van der Waals surface area (Å²) >= 11 is 3.66. The van der Waals surface area contributed by atoms with Gasteiger partial charge in [0.15, 0.2) is 6.17 Å². The first kappa shape index (κ1) is 27.7.